The van der Waals surface area contributed by atoms with E-state index in [0.717, 1.165) is 72.1 Å². The Morgan fingerprint density at radius 2 is 0.962 bits per heavy atom. The molecule has 0 fully saturated rings. The van der Waals surface area contributed by atoms with Gasteiger partial charge in [-0.05, 0) is 70.8 Å². The van der Waals surface area contributed by atoms with E-state index in [0.29, 0.717) is 0 Å². The van der Waals surface area contributed by atoms with Gasteiger partial charge in [-0.2, -0.15) is 0 Å². The topological polar surface area (TPSA) is 29.5 Å². The maximum atomic E-state index is 6.70. The molecule has 3 aromatic heterocycles. The van der Waals surface area contributed by atoms with Crippen LogP contribution in [0.1, 0.15) is 0 Å². The van der Waals surface area contributed by atoms with Gasteiger partial charge in [0, 0.05) is 42.7 Å². The van der Waals surface area contributed by atoms with E-state index in [-0.39, 0.29) is 0 Å². The Morgan fingerprint density at radius 3 is 1.81 bits per heavy atom. The van der Waals surface area contributed by atoms with Crippen molar-refractivity contribution in [3.8, 4) is 22.3 Å². The zero-order chi connectivity index (χ0) is 34.2. The van der Waals surface area contributed by atoms with Crippen LogP contribution in [0.4, 0.5) is 17.1 Å². The van der Waals surface area contributed by atoms with Gasteiger partial charge in [0.2, 0.25) is 0 Å². The number of nitrogens with zero attached hydrogens (tertiary/aromatic N) is 1. The summed E-state index contributed by atoms with van der Waals surface area (Å²) in [6, 6.07) is 62.4. The van der Waals surface area contributed by atoms with Crippen LogP contribution in [0.3, 0.4) is 0 Å². The van der Waals surface area contributed by atoms with E-state index in [1.165, 1.54) is 31.3 Å². The Balaban J connectivity index is 1.16. The minimum Gasteiger partial charge on any atom is -0.456 e. The van der Waals surface area contributed by atoms with E-state index in [1.807, 2.05) is 29.5 Å². The molecule has 0 N–H and O–H groups in total. The predicted octanol–water partition coefficient (Wildman–Crippen LogP) is 14.7. The fourth-order valence-electron chi connectivity index (χ4n) is 7.87. The van der Waals surface area contributed by atoms with E-state index in [9.17, 15) is 0 Å². The molecular formula is C48H29NO2S. The molecule has 0 aliphatic carbocycles. The summed E-state index contributed by atoms with van der Waals surface area (Å²) < 4.78 is 15.5. The van der Waals surface area contributed by atoms with Crippen LogP contribution in [0.15, 0.2) is 185 Å². The molecule has 0 bridgehead atoms. The van der Waals surface area contributed by atoms with Crippen molar-refractivity contribution >= 4 is 92.4 Å². The van der Waals surface area contributed by atoms with Crippen molar-refractivity contribution in [3.63, 3.8) is 0 Å². The van der Waals surface area contributed by atoms with Gasteiger partial charge < -0.3 is 13.7 Å². The molecule has 0 atom stereocenters. The minimum absolute atomic E-state index is 0.862. The first kappa shape index (κ1) is 29.1. The molecule has 8 aromatic carbocycles. The average Bonchev–Trinajstić information content (AvgIpc) is 3.90. The molecule has 244 valence electrons. The quantitative estimate of drug-likeness (QED) is 0.181. The lowest BCUT2D eigenvalue weighted by atomic mass is 10.0. The molecule has 4 heteroatoms. The molecule has 0 spiro atoms. The van der Waals surface area contributed by atoms with Crippen LogP contribution >= 0.6 is 11.3 Å². The first-order valence-electron chi connectivity index (χ1n) is 17.5. The predicted molar refractivity (Wildman–Crippen MR) is 219 cm³/mol. The second-order valence-corrected chi connectivity index (χ2v) is 14.3. The van der Waals surface area contributed by atoms with Gasteiger partial charge in [0.15, 0.2) is 5.58 Å². The summed E-state index contributed by atoms with van der Waals surface area (Å²) in [5.74, 6) is 0. The Kier molecular flexibility index (Phi) is 6.42. The molecule has 0 unspecified atom stereocenters. The number of furan rings is 2. The highest BCUT2D eigenvalue weighted by molar-refractivity contribution is 7.27. The second-order valence-electron chi connectivity index (χ2n) is 13.3. The molecule has 52 heavy (non-hydrogen) atoms. The van der Waals surface area contributed by atoms with Crippen LogP contribution in [-0.4, -0.2) is 0 Å². The number of benzene rings is 8. The summed E-state index contributed by atoms with van der Waals surface area (Å²) in [5.41, 5.74) is 11.4. The third-order valence-electron chi connectivity index (χ3n) is 10.3. The number of hydrogen-bond acceptors (Lipinski definition) is 4. The number of anilines is 3. The number of thiophene rings is 1. The maximum absolute atomic E-state index is 6.70. The molecule has 0 saturated heterocycles. The van der Waals surface area contributed by atoms with Gasteiger partial charge in [0.1, 0.15) is 16.7 Å². The highest BCUT2D eigenvalue weighted by Gasteiger charge is 2.23. The van der Waals surface area contributed by atoms with Crippen LogP contribution < -0.4 is 4.90 Å². The van der Waals surface area contributed by atoms with Crippen molar-refractivity contribution in [3.05, 3.63) is 176 Å². The first-order valence-corrected chi connectivity index (χ1v) is 18.3. The summed E-state index contributed by atoms with van der Waals surface area (Å²) in [6.07, 6.45) is 0. The lowest BCUT2D eigenvalue weighted by Crippen LogP contribution is -2.10. The lowest BCUT2D eigenvalue weighted by Gasteiger charge is -2.26. The van der Waals surface area contributed by atoms with E-state index >= 15 is 0 Å². The van der Waals surface area contributed by atoms with Crippen molar-refractivity contribution in [2.24, 2.45) is 0 Å². The van der Waals surface area contributed by atoms with E-state index in [4.69, 9.17) is 8.83 Å². The maximum Gasteiger partial charge on any atom is 0.159 e. The molecule has 3 nitrogen and oxygen atoms in total. The lowest BCUT2D eigenvalue weighted by molar-refractivity contribution is 0.669. The highest BCUT2D eigenvalue weighted by atomic mass is 32.1. The average molecular weight is 684 g/mol. The fraction of sp³-hybridized carbons (Fsp3) is 0. The van der Waals surface area contributed by atoms with Crippen molar-refractivity contribution < 1.29 is 8.83 Å². The third kappa shape index (κ3) is 4.45. The number of rotatable bonds is 5. The zero-order valence-electron chi connectivity index (χ0n) is 27.9. The molecule has 11 aromatic rings. The van der Waals surface area contributed by atoms with Crippen LogP contribution in [0.2, 0.25) is 0 Å². The van der Waals surface area contributed by atoms with Gasteiger partial charge >= 0.3 is 0 Å². The Labute approximate surface area is 303 Å². The zero-order valence-corrected chi connectivity index (χ0v) is 28.7. The SMILES string of the molecule is c1ccc(-c2cccc3c2sc2c(N(c4cccc(-c5ccc6c(c5)oc5ccccc56)c4)c4cccc5c4oc4ccccc45)cccc23)cc1. The third-order valence-corrected chi connectivity index (χ3v) is 11.5. The van der Waals surface area contributed by atoms with Gasteiger partial charge in [0.25, 0.3) is 0 Å². The van der Waals surface area contributed by atoms with Gasteiger partial charge in [-0.25, -0.2) is 0 Å². The molecule has 0 saturated carbocycles. The number of hydrogen-bond donors (Lipinski definition) is 0. The fourth-order valence-corrected chi connectivity index (χ4v) is 9.21. The molecule has 0 aliphatic rings. The van der Waals surface area contributed by atoms with Crippen molar-refractivity contribution in [1.82, 2.24) is 0 Å². The Bertz CT molecular complexity index is 3150. The molecule has 0 radical (unpaired) electrons. The molecule has 3 heterocycles. The van der Waals surface area contributed by atoms with E-state index in [2.05, 4.69) is 163 Å². The summed E-state index contributed by atoms with van der Waals surface area (Å²) in [5, 5.41) is 6.97. The van der Waals surface area contributed by atoms with E-state index in [1.54, 1.807) is 0 Å². The smallest absolute Gasteiger partial charge is 0.159 e. The van der Waals surface area contributed by atoms with Gasteiger partial charge in [-0.3, -0.25) is 0 Å². The second kappa shape index (κ2) is 11.5. The standard InChI is InChI=1S/C48H29NO2S/c1-2-12-30(13-3-1)34-18-9-20-39-40-21-11-23-42(48(40)52-47(34)39)49(41-22-10-19-38-36-17-5-7-25-44(36)51-46(38)41)33-15-8-14-31(28-33)32-26-27-37-35-16-4-6-24-43(35)50-45(37)29-32/h1-29H. The summed E-state index contributed by atoms with van der Waals surface area (Å²) in [6.45, 7) is 0. The number of fused-ring (bicyclic) bond motifs is 9. The normalized spacial score (nSPS) is 11.8. The van der Waals surface area contributed by atoms with Gasteiger partial charge in [-0.1, -0.05) is 127 Å². The van der Waals surface area contributed by atoms with Crippen LogP contribution in [0.25, 0.3) is 86.3 Å². The van der Waals surface area contributed by atoms with Gasteiger partial charge in [-0.15, -0.1) is 11.3 Å². The molecular weight excluding hydrogens is 655 g/mol. The first-order chi connectivity index (χ1) is 25.8. The Morgan fingerprint density at radius 1 is 0.365 bits per heavy atom. The summed E-state index contributed by atoms with van der Waals surface area (Å²) in [7, 11) is 0. The molecule has 0 amide bonds. The Hall–Kier alpha value is -6.62. The van der Waals surface area contributed by atoms with Crippen LogP contribution in [0.5, 0.6) is 0 Å². The van der Waals surface area contributed by atoms with E-state index < -0.39 is 0 Å². The van der Waals surface area contributed by atoms with Crippen molar-refractivity contribution in [2.45, 2.75) is 0 Å². The van der Waals surface area contributed by atoms with Gasteiger partial charge in [0.05, 0.1) is 16.1 Å². The summed E-state index contributed by atoms with van der Waals surface area (Å²) >= 11 is 1.86. The molecule has 11 rings (SSSR count). The minimum atomic E-state index is 0.862. The largest absolute Gasteiger partial charge is 0.456 e. The van der Waals surface area contributed by atoms with Crippen LogP contribution in [0, 0.1) is 0 Å². The highest BCUT2D eigenvalue weighted by Crippen LogP contribution is 2.49. The number of para-hydroxylation sites is 3. The molecule has 0 aliphatic heterocycles. The monoisotopic (exact) mass is 683 g/mol. The van der Waals surface area contributed by atoms with Crippen molar-refractivity contribution in [1.29, 1.82) is 0 Å². The van der Waals surface area contributed by atoms with Crippen molar-refractivity contribution in [2.75, 3.05) is 4.90 Å². The van der Waals surface area contributed by atoms with Crippen LogP contribution in [-0.2, 0) is 0 Å². The summed E-state index contributed by atoms with van der Waals surface area (Å²) in [4.78, 5) is 2.38.